The predicted molar refractivity (Wildman–Crippen MR) is 113 cm³/mol. The van der Waals surface area contributed by atoms with E-state index in [2.05, 4.69) is 10.3 Å². The van der Waals surface area contributed by atoms with Crippen molar-refractivity contribution in [3.63, 3.8) is 0 Å². The zero-order valence-electron chi connectivity index (χ0n) is 17.6. The number of halogens is 4. The number of fused-ring (bicyclic) bond motifs is 2. The molecule has 3 aromatic rings. The third kappa shape index (κ3) is 3.23. The molecule has 1 aliphatic carbocycles. The van der Waals surface area contributed by atoms with Gasteiger partial charge in [-0.1, -0.05) is 26.0 Å². The maximum absolute atomic E-state index is 14.5. The summed E-state index contributed by atoms with van der Waals surface area (Å²) < 4.78 is 62.6. The van der Waals surface area contributed by atoms with Crippen molar-refractivity contribution >= 4 is 16.5 Å². The lowest BCUT2D eigenvalue weighted by Gasteiger charge is -2.49. The van der Waals surface area contributed by atoms with Crippen LogP contribution in [0.1, 0.15) is 37.4 Å². The Morgan fingerprint density at radius 1 is 1.16 bits per heavy atom. The molecule has 5 nitrogen and oxygen atoms in total. The molecule has 2 unspecified atom stereocenters. The number of aromatic amines is 1. The van der Waals surface area contributed by atoms with Gasteiger partial charge in [-0.15, -0.1) is 0 Å². The molecular formula is C23H22F4N2O3. The molecule has 1 aliphatic rings. The van der Waals surface area contributed by atoms with Gasteiger partial charge in [0.2, 0.25) is 0 Å². The Balaban J connectivity index is 1.99. The van der Waals surface area contributed by atoms with Crippen molar-refractivity contribution in [3.05, 3.63) is 69.9 Å². The highest BCUT2D eigenvalue weighted by molar-refractivity contribution is 5.93. The lowest BCUT2D eigenvalue weighted by Crippen LogP contribution is -2.58. The highest BCUT2D eigenvalue weighted by Gasteiger charge is 2.64. The summed E-state index contributed by atoms with van der Waals surface area (Å²) in [6.07, 6.45) is -4.33. The van der Waals surface area contributed by atoms with E-state index in [1.807, 2.05) is 0 Å². The number of pyridine rings is 1. The Morgan fingerprint density at radius 2 is 1.88 bits per heavy atom. The molecule has 32 heavy (non-hydrogen) atoms. The molecule has 3 N–H and O–H groups in total. The molecule has 0 amide bonds. The summed E-state index contributed by atoms with van der Waals surface area (Å²) in [5.41, 5.74) is -4.26. The molecule has 0 fully saturated rings. The Kier molecular flexibility index (Phi) is 5.00. The Labute approximate surface area is 181 Å². The van der Waals surface area contributed by atoms with Gasteiger partial charge in [0, 0.05) is 28.2 Å². The van der Waals surface area contributed by atoms with Gasteiger partial charge in [-0.3, -0.25) is 4.79 Å². The maximum Gasteiger partial charge on any atom is 0.419 e. The number of ether oxygens (including phenoxy) is 1. The van der Waals surface area contributed by atoms with E-state index >= 15 is 0 Å². The van der Waals surface area contributed by atoms with E-state index in [1.165, 1.54) is 45.4 Å². The molecule has 0 aliphatic heterocycles. The lowest BCUT2D eigenvalue weighted by molar-refractivity contribution is -0.275. The summed E-state index contributed by atoms with van der Waals surface area (Å²) in [6, 6.07) is 6.75. The molecule has 1 heterocycles. The zero-order valence-corrected chi connectivity index (χ0v) is 17.6. The SMILES string of the molecule is COc1c(F)ccc2c1C(C)(C)CC(O)(C(F)(F)F)C2Nc1cccc2c(=O)[nH]ccc12. The van der Waals surface area contributed by atoms with E-state index in [0.717, 1.165) is 6.07 Å². The number of nitrogens with one attached hydrogen (secondary N) is 2. The van der Waals surface area contributed by atoms with Gasteiger partial charge >= 0.3 is 6.18 Å². The minimum absolute atomic E-state index is 0.0705. The molecule has 2 atom stereocenters. The number of methoxy groups -OCH3 is 1. The van der Waals surface area contributed by atoms with Crippen LogP contribution in [0.3, 0.4) is 0 Å². The highest BCUT2D eigenvalue weighted by atomic mass is 19.4. The van der Waals surface area contributed by atoms with Gasteiger partial charge in [-0.05, 0) is 41.7 Å². The summed E-state index contributed by atoms with van der Waals surface area (Å²) in [7, 11) is 1.25. The van der Waals surface area contributed by atoms with Crippen molar-refractivity contribution in [1.82, 2.24) is 4.98 Å². The number of alkyl halides is 3. The molecule has 2 aromatic carbocycles. The quantitative estimate of drug-likeness (QED) is 0.501. The van der Waals surface area contributed by atoms with Gasteiger partial charge < -0.3 is 20.1 Å². The molecule has 1 aromatic heterocycles. The molecular weight excluding hydrogens is 428 g/mol. The number of rotatable bonds is 3. The van der Waals surface area contributed by atoms with Crippen LogP contribution in [0.25, 0.3) is 10.8 Å². The van der Waals surface area contributed by atoms with Crippen LogP contribution in [0.2, 0.25) is 0 Å². The fourth-order valence-corrected chi connectivity index (χ4v) is 4.80. The van der Waals surface area contributed by atoms with Crippen LogP contribution in [0.4, 0.5) is 23.2 Å². The van der Waals surface area contributed by atoms with E-state index in [-0.39, 0.29) is 28.0 Å². The van der Waals surface area contributed by atoms with Crippen LogP contribution in [-0.4, -0.2) is 29.0 Å². The topological polar surface area (TPSA) is 74.3 Å². The Bertz CT molecular complexity index is 1250. The molecule has 9 heteroatoms. The van der Waals surface area contributed by atoms with Crippen LogP contribution in [0.5, 0.6) is 5.75 Å². The average Bonchev–Trinajstić information content (AvgIpc) is 2.70. The van der Waals surface area contributed by atoms with Crippen molar-refractivity contribution in [2.45, 2.75) is 43.5 Å². The normalized spacial score (nSPS) is 22.4. The van der Waals surface area contributed by atoms with Gasteiger partial charge in [0.15, 0.2) is 17.2 Å². The van der Waals surface area contributed by atoms with E-state index < -0.39 is 41.0 Å². The van der Waals surface area contributed by atoms with Crippen molar-refractivity contribution in [2.75, 3.05) is 12.4 Å². The molecule has 4 rings (SSSR count). The standard InChI is InChI=1S/C23H22F4N2O3/c1-21(2)11-22(31,23(25,26)27)19(14-7-8-15(24)18(32-3)17(14)21)29-16-6-4-5-13-12(16)9-10-28-20(13)30/h4-10,19,29,31H,11H2,1-3H3,(H,28,30). The fourth-order valence-electron chi connectivity index (χ4n) is 4.80. The van der Waals surface area contributed by atoms with Crippen LogP contribution >= 0.6 is 0 Å². The number of aromatic nitrogens is 1. The fraction of sp³-hybridized carbons (Fsp3) is 0.348. The largest absolute Gasteiger partial charge is 0.493 e. The lowest BCUT2D eigenvalue weighted by atomic mass is 9.63. The van der Waals surface area contributed by atoms with Gasteiger partial charge in [0.1, 0.15) is 0 Å². The Hall–Kier alpha value is -3.07. The number of aliphatic hydroxyl groups is 1. The predicted octanol–water partition coefficient (Wildman–Crippen LogP) is 4.80. The third-order valence-electron chi connectivity index (χ3n) is 6.13. The first-order valence-electron chi connectivity index (χ1n) is 9.93. The first-order chi connectivity index (χ1) is 14.9. The van der Waals surface area contributed by atoms with Crippen molar-refractivity contribution < 1.29 is 27.4 Å². The van der Waals surface area contributed by atoms with Gasteiger partial charge in [-0.2, -0.15) is 13.2 Å². The summed E-state index contributed by atoms with van der Waals surface area (Å²) in [5.74, 6) is -0.856. The summed E-state index contributed by atoms with van der Waals surface area (Å²) in [6.45, 7) is 3.02. The third-order valence-corrected chi connectivity index (χ3v) is 6.13. The van der Waals surface area contributed by atoms with E-state index in [9.17, 15) is 27.5 Å². The van der Waals surface area contributed by atoms with Crippen LogP contribution in [0.15, 0.2) is 47.4 Å². The van der Waals surface area contributed by atoms with Crippen LogP contribution in [0, 0.1) is 5.82 Å². The van der Waals surface area contributed by atoms with Crippen molar-refractivity contribution in [3.8, 4) is 5.75 Å². The van der Waals surface area contributed by atoms with Crippen molar-refractivity contribution in [2.24, 2.45) is 0 Å². The smallest absolute Gasteiger partial charge is 0.419 e. The molecule has 0 spiro atoms. The summed E-state index contributed by atoms with van der Waals surface area (Å²) in [4.78, 5) is 14.7. The number of hydrogen-bond acceptors (Lipinski definition) is 4. The van der Waals surface area contributed by atoms with Crippen LogP contribution in [-0.2, 0) is 5.41 Å². The molecule has 170 valence electrons. The number of hydrogen-bond donors (Lipinski definition) is 3. The highest BCUT2D eigenvalue weighted by Crippen LogP contribution is 2.56. The second-order valence-corrected chi connectivity index (χ2v) is 8.68. The molecule has 0 saturated heterocycles. The Morgan fingerprint density at radius 3 is 2.53 bits per heavy atom. The number of benzene rings is 2. The monoisotopic (exact) mass is 450 g/mol. The minimum Gasteiger partial charge on any atom is -0.493 e. The average molecular weight is 450 g/mol. The first-order valence-corrected chi connectivity index (χ1v) is 9.93. The van der Waals surface area contributed by atoms with Gasteiger partial charge in [-0.25, -0.2) is 4.39 Å². The summed E-state index contributed by atoms with van der Waals surface area (Å²) in [5, 5.41) is 14.6. The number of H-pyrrole nitrogens is 1. The van der Waals surface area contributed by atoms with Gasteiger partial charge in [0.25, 0.3) is 5.56 Å². The minimum atomic E-state index is -5.00. The first kappa shape index (κ1) is 22.1. The molecule has 0 saturated carbocycles. The van der Waals surface area contributed by atoms with Crippen LogP contribution < -0.4 is 15.6 Å². The van der Waals surface area contributed by atoms with E-state index in [4.69, 9.17) is 4.74 Å². The summed E-state index contributed by atoms with van der Waals surface area (Å²) >= 11 is 0. The van der Waals surface area contributed by atoms with Gasteiger partial charge in [0.05, 0.1) is 13.2 Å². The van der Waals surface area contributed by atoms with Crippen molar-refractivity contribution in [1.29, 1.82) is 0 Å². The second kappa shape index (κ2) is 7.23. The second-order valence-electron chi connectivity index (χ2n) is 8.68. The zero-order chi connectivity index (χ0) is 23.5. The molecule has 0 radical (unpaired) electrons. The van der Waals surface area contributed by atoms with E-state index in [0.29, 0.717) is 5.39 Å². The number of anilines is 1. The van der Waals surface area contributed by atoms with E-state index in [1.54, 1.807) is 12.1 Å². The molecule has 0 bridgehead atoms. The maximum atomic E-state index is 14.5.